The van der Waals surface area contributed by atoms with Crippen molar-refractivity contribution in [2.24, 2.45) is 0 Å². The van der Waals surface area contributed by atoms with E-state index in [1.54, 1.807) is 35.1 Å². The molecule has 136 valence electrons. The van der Waals surface area contributed by atoms with Crippen LogP contribution in [0.3, 0.4) is 0 Å². The predicted octanol–water partition coefficient (Wildman–Crippen LogP) is 3.09. The van der Waals surface area contributed by atoms with Crippen molar-refractivity contribution in [2.45, 2.75) is 26.2 Å². The maximum Gasteiger partial charge on any atom is 0.433 e. The number of anilines is 1. The summed E-state index contributed by atoms with van der Waals surface area (Å²) in [6.07, 6.45) is -1.09. The van der Waals surface area contributed by atoms with Gasteiger partial charge < -0.3 is 5.32 Å². The molecule has 2 heterocycles. The van der Waals surface area contributed by atoms with Crippen LogP contribution in [0.4, 0.5) is 18.9 Å². The van der Waals surface area contributed by atoms with Crippen LogP contribution in [-0.2, 0) is 24.1 Å². The van der Waals surface area contributed by atoms with Crippen molar-refractivity contribution in [3.8, 4) is 0 Å². The monoisotopic (exact) mass is 363 g/mol. The van der Waals surface area contributed by atoms with Gasteiger partial charge in [0.15, 0.2) is 0 Å². The molecule has 0 aliphatic carbocycles. The highest BCUT2D eigenvalue weighted by Crippen LogP contribution is 2.29. The van der Waals surface area contributed by atoms with E-state index >= 15 is 0 Å². The first-order valence-corrected chi connectivity index (χ1v) is 7.79. The topological polar surface area (TPSA) is 64.7 Å². The molecule has 0 saturated carbocycles. The maximum absolute atomic E-state index is 13.0. The molecule has 3 aromatic rings. The van der Waals surface area contributed by atoms with Crippen molar-refractivity contribution in [1.29, 1.82) is 0 Å². The zero-order valence-corrected chi connectivity index (χ0v) is 13.9. The quantitative estimate of drug-likeness (QED) is 0.758. The van der Waals surface area contributed by atoms with Crippen LogP contribution >= 0.6 is 0 Å². The standard InChI is InChI=1S/C17H16F3N5O/c1-12-8-15(17(18,19)20)25(23-12)11-16(26)22-14-5-2-4-13(9-14)10-24-7-3-6-21-24/h2-9H,10-11H2,1H3,(H,22,26). The minimum Gasteiger partial charge on any atom is -0.324 e. The van der Waals surface area contributed by atoms with E-state index in [0.29, 0.717) is 16.9 Å². The number of nitrogens with one attached hydrogen (secondary N) is 1. The molecule has 0 fully saturated rings. The van der Waals surface area contributed by atoms with Gasteiger partial charge in [0, 0.05) is 18.1 Å². The Morgan fingerprint density at radius 2 is 2.04 bits per heavy atom. The van der Waals surface area contributed by atoms with Crippen LogP contribution in [0.25, 0.3) is 0 Å². The largest absolute Gasteiger partial charge is 0.433 e. The Labute approximate surface area is 147 Å². The molecule has 9 heteroatoms. The third-order valence-electron chi connectivity index (χ3n) is 3.60. The highest BCUT2D eigenvalue weighted by Gasteiger charge is 2.35. The number of carbonyl (C=O) groups excluding carboxylic acids is 1. The van der Waals surface area contributed by atoms with Gasteiger partial charge in [-0.3, -0.25) is 14.2 Å². The first-order valence-electron chi connectivity index (χ1n) is 7.79. The van der Waals surface area contributed by atoms with Gasteiger partial charge >= 0.3 is 6.18 Å². The van der Waals surface area contributed by atoms with Gasteiger partial charge in [0.2, 0.25) is 5.91 Å². The normalized spacial score (nSPS) is 11.5. The van der Waals surface area contributed by atoms with E-state index in [4.69, 9.17) is 0 Å². The molecule has 0 bridgehead atoms. The van der Waals surface area contributed by atoms with Crippen molar-refractivity contribution in [2.75, 3.05) is 5.32 Å². The lowest BCUT2D eigenvalue weighted by molar-refractivity contribution is -0.144. The van der Waals surface area contributed by atoms with E-state index in [0.717, 1.165) is 11.6 Å². The molecule has 0 aliphatic heterocycles. The Morgan fingerprint density at radius 3 is 2.73 bits per heavy atom. The fourth-order valence-electron chi connectivity index (χ4n) is 2.56. The minimum atomic E-state index is -4.56. The maximum atomic E-state index is 13.0. The molecule has 2 aromatic heterocycles. The molecule has 0 unspecified atom stereocenters. The zero-order chi connectivity index (χ0) is 18.7. The first-order chi connectivity index (χ1) is 12.3. The predicted molar refractivity (Wildman–Crippen MR) is 88.4 cm³/mol. The number of aromatic nitrogens is 4. The fourth-order valence-corrected chi connectivity index (χ4v) is 2.56. The molecule has 6 nitrogen and oxygen atoms in total. The fraction of sp³-hybridized carbons (Fsp3) is 0.235. The van der Waals surface area contributed by atoms with Gasteiger partial charge in [0.05, 0.1) is 12.2 Å². The lowest BCUT2D eigenvalue weighted by Gasteiger charge is -2.11. The molecule has 0 spiro atoms. The lowest BCUT2D eigenvalue weighted by Crippen LogP contribution is -2.23. The van der Waals surface area contributed by atoms with Crippen molar-refractivity contribution in [1.82, 2.24) is 19.6 Å². The summed E-state index contributed by atoms with van der Waals surface area (Å²) >= 11 is 0. The van der Waals surface area contributed by atoms with E-state index in [-0.39, 0.29) is 5.69 Å². The number of aryl methyl sites for hydroxylation is 1. The SMILES string of the molecule is Cc1cc(C(F)(F)F)n(CC(=O)Nc2cccc(Cn3cccn3)c2)n1. The average Bonchev–Trinajstić information content (AvgIpc) is 3.16. The number of hydrogen-bond donors (Lipinski definition) is 1. The van der Waals surface area contributed by atoms with Crippen LogP contribution in [0.15, 0.2) is 48.8 Å². The number of alkyl halides is 3. The van der Waals surface area contributed by atoms with Gasteiger partial charge in [-0.1, -0.05) is 12.1 Å². The molecule has 1 aromatic carbocycles. The number of halogens is 3. The Balaban J connectivity index is 1.69. The summed E-state index contributed by atoms with van der Waals surface area (Å²) in [6, 6.07) is 9.76. The summed E-state index contributed by atoms with van der Waals surface area (Å²) in [5.41, 5.74) is 0.651. The van der Waals surface area contributed by atoms with E-state index in [1.807, 2.05) is 12.3 Å². The summed E-state index contributed by atoms with van der Waals surface area (Å²) in [5.74, 6) is -0.588. The summed E-state index contributed by atoms with van der Waals surface area (Å²) in [7, 11) is 0. The van der Waals surface area contributed by atoms with Crippen molar-refractivity contribution >= 4 is 11.6 Å². The Kier molecular flexibility index (Phi) is 4.79. The molecule has 0 atom stereocenters. The second kappa shape index (κ2) is 7.03. The van der Waals surface area contributed by atoms with Gasteiger partial charge in [0.25, 0.3) is 0 Å². The zero-order valence-electron chi connectivity index (χ0n) is 13.9. The third kappa shape index (κ3) is 4.29. The van der Waals surface area contributed by atoms with Crippen LogP contribution in [0, 0.1) is 6.92 Å². The molecule has 26 heavy (non-hydrogen) atoms. The second-order valence-corrected chi connectivity index (χ2v) is 5.78. The molecule has 1 amide bonds. The third-order valence-corrected chi connectivity index (χ3v) is 3.60. The highest BCUT2D eigenvalue weighted by molar-refractivity contribution is 5.90. The number of amides is 1. The van der Waals surface area contributed by atoms with Crippen LogP contribution in [0.2, 0.25) is 0 Å². The summed E-state index contributed by atoms with van der Waals surface area (Å²) in [4.78, 5) is 12.1. The van der Waals surface area contributed by atoms with Crippen LogP contribution in [-0.4, -0.2) is 25.5 Å². The molecule has 0 radical (unpaired) electrons. The second-order valence-electron chi connectivity index (χ2n) is 5.78. The molecule has 0 aliphatic rings. The van der Waals surface area contributed by atoms with Crippen molar-refractivity contribution in [3.63, 3.8) is 0 Å². The molecule has 3 rings (SSSR count). The molecular formula is C17H16F3N5O. The Bertz CT molecular complexity index is 900. The van der Waals surface area contributed by atoms with E-state index in [1.165, 1.54) is 6.92 Å². The number of benzene rings is 1. The van der Waals surface area contributed by atoms with Gasteiger partial charge in [-0.15, -0.1) is 0 Å². The van der Waals surface area contributed by atoms with Gasteiger partial charge in [-0.25, -0.2) is 0 Å². The Hall–Kier alpha value is -3.10. The number of hydrogen-bond acceptors (Lipinski definition) is 3. The van der Waals surface area contributed by atoms with E-state index < -0.39 is 24.3 Å². The summed E-state index contributed by atoms with van der Waals surface area (Å²) in [5, 5.41) is 10.5. The average molecular weight is 363 g/mol. The van der Waals surface area contributed by atoms with Gasteiger partial charge in [-0.05, 0) is 36.8 Å². The molecule has 1 N–H and O–H groups in total. The van der Waals surface area contributed by atoms with E-state index in [9.17, 15) is 18.0 Å². The number of nitrogens with zero attached hydrogens (tertiary/aromatic N) is 4. The van der Waals surface area contributed by atoms with Crippen molar-refractivity contribution < 1.29 is 18.0 Å². The number of carbonyl (C=O) groups is 1. The van der Waals surface area contributed by atoms with Crippen LogP contribution in [0.1, 0.15) is 17.0 Å². The van der Waals surface area contributed by atoms with Gasteiger partial charge in [0.1, 0.15) is 12.2 Å². The minimum absolute atomic E-state index is 0.200. The highest BCUT2D eigenvalue weighted by atomic mass is 19.4. The Morgan fingerprint density at radius 1 is 1.23 bits per heavy atom. The molecular weight excluding hydrogens is 347 g/mol. The first kappa shape index (κ1) is 17.7. The van der Waals surface area contributed by atoms with Gasteiger partial charge in [-0.2, -0.15) is 23.4 Å². The smallest absolute Gasteiger partial charge is 0.324 e. The van der Waals surface area contributed by atoms with E-state index in [2.05, 4.69) is 15.5 Å². The van der Waals surface area contributed by atoms with Crippen LogP contribution in [0.5, 0.6) is 0 Å². The molecule has 0 saturated heterocycles. The van der Waals surface area contributed by atoms with Crippen molar-refractivity contribution in [3.05, 3.63) is 65.7 Å². The summed E-state index contributed by atoms with van der Waals surface area (Å²) < 4.78 is 41.3. The van der Waals surface area contributed by atoms with Crippen LogP contribution < -0.4 is 5.32 Å². The number of rotatable bonds is 5. The lowest BCUT2D eigenvalue weighted by atomic mass is 10.2. The summed E-state index contributed by atoms with van der Waals surface area (Å²) in [6.45, 7) is 1.45.